The van der Waals surface area contributed by atoms with Crippen molar-refractivity contribution in [2.45, 2.75) is 17.1 Å². The lowest BCUT2D eigenvalue weighted by atomic mass is 10.2. The summed E-state index contributed by atoms with van der Waals surface area (Å²) in [5.41, 5.74) is 0.978. The second-order valence-electron chi connectivity index (χ2n) is 5.95. The zero-order chi connectivity index (χ0) is 19.3. The van der Waals surface area contributed by atoms with Crippen molar-refractivity contribution >= 4 is 27.3 Å². The lowest BCUT2D eigenvalue weighted by Crippen LogP contribution is -2.33. The summed E-state index contributed by atoms with van der Waals surface area (Å²) in [6, 6.07) is 18.9. The van der Waals surface area contributed by atoms with E-state index in [0.29, 0.717) is 10.6 Å². The van der Waals surface area contributed by atoms with E-state index < -0.39 is 21.2 Å². The van der Waals surface area contributed by atoms with Crippen LogP contribution in [0.3, 0.4) is 0 Å². The molecule has 5 nitrogen and oxygen atoms in total. The molecule has 0 aliphatic rings. The third-order valence-corrected chi connectivity index (χ3v) is 7.20. The molecule has 0 aliphatic heterocycles. The van der Waals surface area contributed by atoms with Crippen LogP contribution in [0, 0.1) is 6.92 Å². The van der Waals surface area contributed by atoms with Gasteiger partial charge in [0.15, 0.2) is 9.84 Å². The van der Waals surface area contributed by atoms with Gasteiger partial charge in [-0.3, -0.25) is 0 Å². The van der Waals surface area contributed by atoms with Gasteiger partial charge in [-0.2, -0.15) is 0 Å². The summed E-state index contributed by atoms with van der Waals surface area (Å²) in [5, 5.41) is 3.50. The van der Waals surface area contributed by atoms with Crippen molar-refractivity contribution in [3.63, 3.8) is 0 Å². The molecule has 0 spiro atoms. The summed E-state index contributed by atoms with van der Waals surface area (Å²) in [6.45, 7) is 1.82. The summed E-state index contributed by atoms with van der Waals surface area (Å²) in [7, 11) is -3.67. The quantitative estimate of drug-likeness (QED) is 0.666. The molecular formula is C20H19NO4S2. The molecule has 1 amide bonds. The first-order valence-electron chi connectivity index (χ1n) is 8.31. The molecule has 1 atom stereocenters. The molecule has 0 unspecified atom stereocenters. The van der Waals surface area contributed by atoms with Crippen LogP contribution in [0.25, 0.3) is 0 Å². The third-order valence-electron chi connectivity index (χ3n) is 3.97. The van der Waals surface area contributed by atoms with Crippen molar-refractivity contribution in [2.24, 2.45) is 0 Å². The molecule has 0 radical (unpaired) electrons. The number of para-hydroxylation sites is 1. The Kier molecular flexibility index (Phi) is 5.93. The monoisotopic (exact) mass is 401 g/mol. The van der Waals surface area contributed by atoms with Crippen LogP contribution in [0.15, 0.2) is 77.0 Å². The minimum absolute atomic E-state index is 0.0810. The van der Waals surface area contributed by atoms with Crippen molar-refractivity contribution in [3.8, 4) is 5.75 Å². The average molecular weight is 402 g/mol. The first kappa shape index (κ1) is 19.1. The van der Waals surface area contributed by atoms with E-state index in [2.05, 4.69) is 5.32 Å². The van der Waals surface area contributed by atoms with Crippen LogP contribution in [0.1, 0.15) is 15.7 Å². The van der Waals surface area contributed by atoms with Crippen molar-refractivity contribution < 1.29 is 17.9 Å². The van der Waals surface area contributed by atoms with E-state index in [-0.39, 0.29) is 11.4 Å². The fourth-order valence-corrected chi connectivity index (χ4v) is 5.32. The van der Waals surface area contributed by atoms with Crippen LogP contribution in [-0.4, -0.2) is 21.1 Å². The Hall–Kier alpha value is -2.64. The van der Waals surface area contributed by atoms with Crippen LogP contribution >= 0.6 is 11.3 Å². The summed E-state index contributed by atoms with van der Waals surface area (Å²) >= 11 is 1.34. The first-order chi connectivity index (χ1) is 13.0. The second kappa shape index (κ2) is 8.37. The number of carbonyl (C=O) groups excluding carboxylic acids is 1. The summed E-state index contributed by atoms with van der Waals surface area (Å²) < 4.78 is 31.4. The predicted octanol–water partition coefficient (Wildman–Crippen LogP) is 4.36. The van der Waals surface area contributed by atoms with Gasteiger partial charge in [-0.05, 0) is 42.6 Å². The Bertz CT molecular complexity index is 982. The topological polar surface area (TPSA) is 72.5 Å². The van der Waals surface area contributed by atoms with Crippen LogP contribution in [0.4, 0.5) is 4.79 Å². The van der Waals surface area contributed by atoms with Gasteiger partial charge in [-0.15, -0.1) is 11.3 Å². The maximum Gasteiger partial charge on any atom is 0.412 e. The Morgan fingerprint density at radius 1 is 1.04 bits per heavy atom. The van der Waals surface area contributed by atoms with Crippen molar-refractivity contribution in [3.05, 3.63) is 82.6 Å². The van der Waals surface area contributed by atoms with E-state index >= 15 is 0 Å². The molecule has 3 aromatic rings. The van der Waals surface area contributed by atoms with Gasteiger partial charge >= 0.3 is 6.09 Å². The Balaban J connectivity index is 1.78. The van der Waals surface area contributed by atoms with Gasteiger partial charge in [0, 0.05) is 11.4 Å². The third kappa shape index (κ3) is 4.75. The van der Waals surface area contributed by atoms with Crippen LogP contribution < -0.4 is 10.1 Å². The minimum Gasteiger partial charge on any atom is -0.410 e. The van der Waals surface area contributed by atoms with Crippen molar-refractivity contribution in [1.82, 2.24) is 5.32 Å². The summed E-state index contributed by atoms with van der Waals surface area (Å²) in [6.07, 6.45) is -0.693. The van der Waals surface area contributed by atoms with Crippen LogP contribution in [-0.2, 0) is 9.84 Å². The highest BCUT2D eigenvalue weighted by Crippen LogP contribution is 2.31. The Morgan fingerprint density at radius 3 is 2.37 bits per heavy atom. The molecule has 7 heteroatoms. The lowest BCUT2D eigenvalue weighted by Gasteiger charge is -2.17. The van der Waals surface area contributed by atoms with Crippen molar-refractivity contribution in [2.75, 3.05) is 6.54 Å². The summed E-state index contributed by atoms with van der Waals surface area (Å²) in [5.74, 6) is 0.393. The minimum atomic E-state index is -3.67. The van der Waals surface area contributed by atoms with E-state index in [4.69, 9.17) is 4.74 Å². The Labute approximate surface area is 162 Å². The molecule has 2 aromatic carbocycles. The number of rotatable bonds is 6. The van der Waals surface area contributed by atoms with Crippen LogP contribution in [0.5, 0.6) is 5.75 Å². The number of ether oxygens (including phenoxy) is 1. The molecule has 0 saturated heterocycles. The molecule has 1 aromatic heterocycles. The fraction of sp³-hybridized carbons (Fsp3) is 0.150. The number of nitrogens with one attached hydrogen (secondary N) is 1. The molecule has 1 N–H and O–H groups in total. The molecule has 1 heterocycles. The number of sulfone groups is 1. The zero-order valence-corrected chi connectivity index (χ0v) is 16.3. The van der Waals surface area contributed by atoms with Gasteiger partial charge in [-0.25, -0.2) is 13.2 Å². The number of hydrogen-bond acceptors (Lipinski definition) is 5. The number of carbonyl (C=O) groups is 1. The number of benzene rings is 2. The normalized spacial score (nSPS) is 12.3. The van der Waals surface area contributed by atoms with Gasteiger partial charge in [-0.1, -0.05) is 42.0 Å². The standard InChI is InChI=1S/C20H19NO4S2/c1-15-9-11-17(12-10-15)27(23,24)19(18-8-5-13-26-18)14-21-20(22)25-16-6-3-2-4-7-16/h2-13,19H,14H2,1H3,(H,21,22)/t19-/m1/s1. The smallest absolute Gasteiger partial charge is 0.410 e. The van der Waals surface area contributed by atoms with E-state index in [0.717, 1.165) is 5.56 Å². The number of hydrogen-bond donors (Lipinski definition) is 1. The first-order valence-corrected chi connectivity index (χ1v) is 10.7. The van der Waals surface area contributed by atoms with E-state index in [1.165, 1.54) is 11.3 Å². The number of thiophene rings is 1. The maximum absolute atomic E-state index is 13.1. The molecule has 0 fully saturated rings. The number of aryl methyl sites for hydroxylation is 1. The van der Waals surface area contributed by atoms with Gasteiger partial charge < -0.3 is 10.1 Å². The molecule has 0 aliphatic carbocycles. The maximum atomic E-state index is 13.1. The molecule has 27 heavy (non-hydrogen) atoms. The SMILES string of the molecule is Cc1ccc(S(=O)(=O)[C@H](CNC(=O)Oc2ccccc2)c2cccs2)cc1. The predicted molar refractivity (Wildman–Crippen MR) is 106 cm³/mol. The highest BCUT2D eigenvalue weighted by atomic mass is 32.2. The molecular weight excluding hydrogens is 382 g/mol. The largest absolute Gasteiger partial charge is 0.412 e. The van der Waals surface area contributed by atoms with Gasteiger partial charge in [0.25, 0.3) is 0 Å². The molecule has 0 bridgehead atoms. The molecule has 0 saturated carbocycles. The Morgan fingerprint density at radius 2 is 1.74 bits per heavy atom. The fourth-order valence-electron chi connectivity index (χ4n) is 2.54. The summed E-state index contributed by atoms with van der Waals surface area (Å²) in [4.78, 5) is 13.0. The highest BCUT2D eigenvalue weighted by Gasteiger charge is 2.30. The van der Waals surface area contributed by atoms with E-state index in [1.54, 1.807) is 60.7 Å². The zero-order valence-electron chi connectivity index (χ0n) is 14.7. The number of amides is 1. The van der Waals surface area contributed by atoms with Crippen molar-refractivity contribution in [1.29, 1.82) is 0 Å². The van der Waals surface area contributed by atoms with Gasteiger partial charge in [0.1, 0.15) is 11.0 Å². The molecule has 140 valence electrons. The van der Waals surface area contributed by atoms with Crippen LogP contribution in [0.2, 0.25) is 0 Å². The van der Waals surface area contributed by atoms with Gasteiger partial charge in [0.2, 0.25) is 0 Å². The lowest BCUT2D eigenvalue weighted by molar-refractivity contribution is 0.200. The van der Waals surface area contributed by atoms with E-state index in [9.17, 15) is 13.2 Å². The average Bonchev–Trinajstić information content (AvgIpc) is 3.17. The van der Waals surface area contributed by atoms with Gasteiger partial charge in [0.05, 0.1) is 4.90 Å². The second-order valence-corrected chi connectivity index (χ2v) is 9.06. The van der Waals surface area contributed by atoms with E-state index in [1.807, 2.05) is 18.4 Å². The molecule has 3 rings (SSSR count). The highest BCUT2D eigenvalue weighted by molar-refractivity contribution is 7.91.